The average Bonchev–Trinajstić information content (AvgIpc) is 2.40. The van der Waals surface area contributed by atoms with Crippen LogP contribution in [0.25, 0.3) is 0 Å². The van der Waals surface area contributed by atoms with Crippen molar-refractivity contribution in [2.24, 2.45) is 0 Å². The van der Waals surface area contributed by atoms with Crippen molar-refractivity contribution in [2.45, 2.75) is 26.8 Å². The molecule has 0 aliphatic rings. The fraction of sp³-hybridized carbons (Fsp3) is 0.250. The highest BCUT2D eigenvalue weighted by atomic mass is 19.1. The molecule has 4 heteroatoms. The summed E-state index contributed by atoms with van der Waals surface area (Å²) < 4.78 is 15.1. The molecule has 3 nitrogen and oxygen atoms in total. The highest BCUT2D eigenvalue weighted by molar-refractivity contribution is 5.36. The highest BCUT2D eigenvalue weighted by Crippen LogP contribution is 2.10. The summed E-state index contributed by atoms with van der Waals surface area (Å²) in [5, 5.41) is 9.02. The van der Waals surface area contributed by atoms with Crippen LogP contribution in [-0.2, 0) is 13.0 Å². The zero-order valence-electron chi connectivity index (χ0n) is 11.5. The van der Waals surface area contributed by atoms with Crippen LogP contribution in [-0.4, -0.2) is 4.57 Å². The maximum Gasteiger partial charge on any atom is 0.268 e. The first-order chi connectivity index (χ1) is 9.54. The number of hydrogen-bond acceptors (Lipinski definition) is 2. The zero-order chi connectivity index (χ0) is 14.7. The van der Waals surface area contributed by atoms with E-state index in [-0.39, 0.29) is 16.9 Å². The number of aryl methyl sites for hydroxylation is 3. The first kappa shape index (κ1) is 14.0. The van der Waals surface area contributed by atoms with E-state index in [4.69, 9.17) is 5.26 Å². The number of aromatic nitrogens is 1. The molecule has 20 heavy (non-hydrogen) atoms. The van der Waals surface area contributed by atoms with Crippen molar-refractivity contribution in [3.8, 4) is 6.07 Å². The summed E-state index contributed by atoms with van der Waals surface area (Å²) in [5.41, 5.74) is 1.88. The van der Waals surface area contributed by atoms with Gasteiger partial charge in [-0.3, -0.25) is 4.79 Å². The Kier molecular flexibility index (Phi) is 3.99. The van der Waals surface area contributed by atoms with Crippen molar-refractivity contribution in [1.29, 1.82) is 5.26 Å². The van der Waals surface area contributed by atoms with Gasteiger partial charge < -0.3 is 4.57 Å². The molecule has 1 aromatic heterocycles. The van der Waals surface area contributed by atoms with Gasteiger partial charge in [0, 0.05) is 12.2 Å². The van der Waals surface area contributed by atoms with Gasteiger partial charge in [0.05, 0.1) is 0 Å². The van der Waals surface area contributed by atoms with Crippen LogP contribution in [0.4, 0.5) is 4.39 Å². The third-order valence-corrected chi connectivity index (χ3v) is 3.38. The number of pyridine rings is 1. The standard InChI is InChI=1S/C16H15FN2O/c1-11-9-12(2)19(16(20)14(11)10-18)8-7-13-5-3-4-6-15(13)17/h3-6,9H,7-8H2,1-2H3. The third kappa shape index (κ3) is 2.62. The Bertz CT molecular complexity index is 741. The van der Waals surface area contributed by atoms with Gasteiger partial charge in [-0.15, -0.1) is 0 Å². The van der Waals surface area contributed by atoms with Crippen LogP contribution in [0.3, 0.4) is 0 Å². The topological polar surface area (TPSA) is 45.8 Å². The van der Waals surface area contributed by atoms with Crippen molar-refractivity contribution in [3.05, 3.63) is 68.9 Å². The van der Waals surface area contributed by atoms with Gasteiger partial charge in [0.25, 0.3) is 5.56 Å². The molecule has 0 bridgehead atoms. The second-order valence-corrected chi connectivity index (χ2v) is 4.75. The van der Waals surface area contributed by atoms with Crippen LogP contribution in [0.1, 0.15) is 22.4 Å². The molecule has 1 heterocycles. The normalized spacial score (nSPS) is 10.3. The van der Waals surface area contributed by atoms with Crippen LogP contribution >= 0.6 is 0 Å². The molecule has 0 radical (unpaired) electrons. The second-order valence-electron chi connectivity index (χ2n) is 4.75. The summed E-state index contributed by atoms with van der Waals surface area (Å²) in [7, 11) is 0. The van der Waals surface area contributed by atoms with E-state index in [1.165, 1.54) is 10.6 Å². The van der Waals surface area contributed by atoms with Gasteiger partial charge in [0.2, 0.25) is 0 Å². The lowest BCUT2D eigenvalue weighted by atomic mass is 10.1. The number of rotatable bonds is 3. The molecule has 0 saturated heterocycles. The number of nitrogens with zero attached hydrogens (tertiary/aromatic N) is 2. The summed E-state index contributed by atoms with van der Waals surface area (Å²) in [6.07, 6.45) is 0.418. The molecule has 0 unspecified atom stereocenters. The lowest BCUT2D eigenvalue weighted by molar-refractivity contribution is 0.583. The molecule has 2 rings (SSSR count). The Morgan fingerprint density at radius 1 is 1.30 bits per heavy atom. The van der Waals surface area contributed by atoms with E-state index in [9.17, 15) is 9.18 Å². The van der Waals surface area contributed by atoms with Crippen LogP contribution in [0.2, 0.25) is 0 Å². The number of halogens is 1. The summed E-state index contributed by atoms with van der Waals surface area (Å²) in [6, 6.07) is 10.2. The van der Waals surface area contributed by atoms with Crippen LogP contribution in [0.5, 0.6) is 0 Å². The minimum atomic E-state index is -0.304. The van der Waals surface area contributed by atoms with Gasteiger partial charge in [-0.2, -0.15) is 5.26 Å². The molecule has 0 saturated carbocycles. The number of hydrogen-bond donors (Lipinski definition) is 0. The molecule has 1 aromatic carbocycles. The summed E-state index contributed by atoms with van der Waals surface area (Å²) in [5.74, 6) is -0.272. The second kappa shape index (κ2) is 5.70. The lowest BCUT2D eigenvalue weighted by Crippen LogP contribution is -2.26. The maximum atomic E-state index is 13.6. The molecule has 0 aliphatic heterocycles. The Hall–Kier alpha value is -2.41. The molecule has 0 fully saturated rings. The van der Waals surface area contributed by atoms with Gasteiger partial charge in [0.15, 0.2) is 0 Å². The molecule has 2 aromatic rings. The highest BCUT2D eigenvalue weighted by Gasteiger charge is 2.10. The van der Waals surface area contributed by atoms with E-state index < -0.39 is 0 Å². The smallest absolute Gasteiger partial charge is 0.268 e. The van der Waals surface area contributed by atoms with Gasteiger partial charge in [0.1, 0.15) is 17.4 Å². The Morgan fingerprint density at radius 2 is 2.00 bits per heavy atom. The summed E-state index contributed by atoms with van der Waals surface area (Å²) in [6.45, 7) is 3.92. The molecule has 102 valence electrons. The van der Waals surface area contributed by atoms with E-state index in [1.54, 1.807) is 31.2 Å². The molecule has 0 spiro atoms. The minimum absolute atomic E-state index is 0.157. The van der Waals surface area contributed by atoms with Crippen LogP contribution < -0.4 is 5.56 Å². The zero-order valence-corrected chi connectivity index (χ0v) is 11.5. The Morgan fingerprint density at radius 3 is 2.65 bits per heavy atom. The molecule has 0 aliphatic carbocycles. The van der Waals surface area contributed by atoms with E-state index >= 15 is 0 Å². The van der Waals surface area contributed by atoms with Gasteiger partial charge in [-0.25, -0.2) is 4.39 Å². The Labute approximate surface area is 116 Å². The fourth-order valence-electron chi connectivity index (χ4n) is 2.27. The van der Waals surface area contributed by atoms with Crippen molar-refractivity contribution in [1.82, 2.24) is 4.57 Å². The first-order valence-electron chi connectivity index (χ1n) is 6.39. The average molecular weight is 270 g/mol. The lowest BCUT2D eigenvalue weighted by Gasteiger charge is -2.12. The van der Waals surface area contributed by atoms with Crippen molar-refractivity contribution < 1.29 is 4.39 Å². The summed E-state index contributed by atoms with van der Waals surface area (Å²) in [4.78, 5) is 12.2. The van der Waals surface area contributed by atoms with Gasteiger partial charge >= 0.3 is 0 Å². The molecular formula is C16H15FN2O. The van der Waals surface area contributed by atoms with Crippen molar-refractivity contribution >= 4 is 0 Å². The summed E-state index contributed by atoms with van der Waals surface area (Å²) >= 11 is 0. The first-order valence-corrected chi connectivity index (χ1v) is 6.39. The molecule has 0 atom stereocenters. The largest absolute Gasteiger partial charge is 0.311 e. The fourth-order valence-corrected chi connectivity index (χ4v) is 2.27. The van der Waals surface area contributed by atoms with Gasteiger partial charge in [-0.1, -0.05) is 18.2 Å². The quantitative estimate of drug-likeness (QED) is 0.860. The molecule has 0 N–H and O–H groups in total. The molecule has 0 amide bonds. The van der Waals surface area contributed by atoms with Crippen LogP contribution in [0.15, 0.2) is 35.1 Å². The van der Waals surface area contributed by atoms with Crippen molar-refractivity contribution in [2.75, 3.05) is 0 Å². The van der Waals surface area contributed by atoms with Crippen LogP contribution in [0, 0.1) is 31.0 Å². The minimum Gasteiger partial charge on any atom is -0.311 e. The van der Waals surface area contributed by atoms with E-state index in [0.29, 0.717) is 24.1 Å². The molecular weight excluding hydrogens is 255 g/mol. The predicted octanol–water partition coefficient (Wildman–Crippen LogP) is 2.72. The SMILES string of the molecule is Cc1cc(C)n(CCc2ccccc2F)c(=O)c1C#N. The monoisotopic (exact) mass is 270 g/mol. The number of nitriles is 1. The van der Waals surface area contributed by atoms with Gasteiger partial charge in [-0.05, 0) is 43.5 Å². The van der Waals surface area contributed by atoms with Crippen molar-refractivity contribution in [3.63, 3.8) is 0 Å². The predicted molar refractivity (Wildman–Crippen MR) is 75.0 cm³/mol. The van der Waals surface area contributed by atoms with E-state index in [0.717, 1.165) is 5.69 Å². The Balaban J connectivity index is 2.34. The van der Waals surface area contributed by atoms with E-state index in [2.05, 4.69) is 0 Å². The third-order valence-electron chi connectivity index (χ3n) is 3.38. The maximum absolute atomic E-state index is 13.6. The van der Waals surface area contributed by atoms with E-state index in [1.807, 2.05) is 13.0 Å². The number of benzene rings is 1.